The van der Waals surface area contributed by atoms with Crippen molar-refractivity contribution in [3.8, 4) is 17.6 Å². The highest BCUT2D eigenvalue weighted by Crippen LogP contribution is 2.65. The molecule has 2 unspecified atom stereocenters. The summed E-state index contributed by atoms with van der Waals surface area (Å²) in [6.07, 6.45) is -0.739. The Labute approximate surface area is 206 Å². The minimum absolute atomic E-state index is 0.0387. The molecule has 0 radical (unpaired) electrons. The first-order valence-electron chi connectivity index (χ1n) is 9.68. The van der Waals surface area contributed by atoms with E-state index in [-0.39, 0.29) is 8.98 Å². The van der Waals surface area contributed by atoms with Gasteiger partial charge < -0.3 is 9.47 Å². The Hall–Kier alpha value is -2.16. The van der Waals surface area contributed by atoms with Crippen LogP contribution in [-0.4, -0.2) is 5.97 Å². The molecule has 2 atom stereocenters. The van der Waals surface area contributed by atoms with Crippen LogP contribution in [0.3, 0.4) is 0 Å². The molecular weight excluding hydrogens is 492 g/mol. The molecule has 0 aliphatic heterocycles. The Balaban J connectivity index is 1.80. The van der Waals surface area contributed by atoms with Crippen LogP contribution in [0.5, 0.6) is 11.5 Å². The van der Waals surface area contributed by atoms with Gasteiger partial charge in [0.1, 0.15) is 26.6 Å². The van der Waals surface area contributed by atoms with Gasteiger partial charge in [-0.15, -0.1) is 0 Å². The molecule has 8 heteroatoms. The van der Waals surface area contributed by atoms with Gasteiger partial charge in [0.25, 0.3) is 0 Å². The van der Waals surface area contributed by atoms with Gasteiger partial charge in [-0.25, -0.2) is 0 Å². The molecular formula is C24H19Cl4NO3. The molecule has 0 N–H and O–H groups in total. The maximum absolute atomic E-state index is 13.0. The highest BCUT2D eigenvalue weighted by atomic mass is 35.5. The summed E-state index contributed by atoms with van der Waals surface area (Å²) < 4.78 is 11.4. The number of allylic oxidation sites excluding steroid dienone is 2. The topological polar surface area (TPSA) is 59.3 Å². The van der Waals surface area contributed by atoms with Crippen LogP contribution in [0.15, 0.2) is 74.7 Å². The fourth-order valence-corrected chi connectivity index (χ4v) is 4.40. The largest absolute Gasteiger partial charge is 0.457 e. The van der Waals surface area contributed by atoms with Crippen molar-refractivity contribution in [2.24, 2.45) is 11.3 Å². The SMILES string of the molecule is CC(=C(Cl)Cl)C1(C(C)=C(Cl)Cl)CC1C(=O)OC(C#N)c1cccc(Oc2ccccc2)c1. The quantitative estimate of drug-likeness (QED) is 0.354. The van der Waals surface area contributed by atoms with Gasteiger partial charge in [-0.3, -0.25) is 4.79 Å². The van der Waals surface area contributed by atoms with Crippen LogP contribution in [0.2, 0.25) is 0 Å². The normalized spacial score (nSPS) is 16.8. The first-order valence-corrected chi connectivity index (χ1v) is 11.2. The number of nitriles is 1. The number of para-hydroxylation sites is 1. The molecule has 1 fully saturated rings. The number of halogens is 4. The van der Waals surface area contributed by atoms with E-state index in [0.717, 1.165) is 0 Å². The van der Waals surface area contributed by atoms with E-state index in [9.17, 15) is 10.1 Å². The van der Waals surface area contributed by atoms with E-state index >= 15 is 0 Å². The molecule has 0 spiro atoms. The summed E-state index contributed by atoms with van der Waals surface area (Å²) in [4.78, 5) is 13.0. The highest BCUT2D eigenvalue weighted by molar-refractivity contribution is 6.57. The van der Waals surface area contributed by atoms with Crippen LogP contribution in [0.1, 0.15) is 31.9 Å². The maximum Gasteiger partial charge on any atom is 0.311 e. The van der Waals surface area contributed by atoms with Gasteiger partial charge in [-0.05, 0) is 55.7 Å². The minimum Gasteiger partial charge on any atom is -0.457 e. The van der Waals surface area contributed by atoms with Gasteiger partial charge in [0.15, 0.2) is 0 Å². The predicted molar refractivity (Wildman–Crippen MR) is 127 cm³/mol. The van der Waals surface area contributed by atoms with Crippen LogP contribution >= 0.6 is 46.4 Å². The summed E-state index contributed by atoms with van der Waals surface area (Å²) in [6, 6.07) is 18.1. The third kappa shape index (κ3) is 5.08. The Bertz CT molecular complexity index is 1090. The van der Waals surface area contributed by atoms with E-state index < -0.39 is 23.4 Å². The first-order chi connectivity index (χ1) is 15.2. The number of benzene rings is 2. The molecule has 2 aromatic carbocycles. The third-order valence-corrected chi connectivity index (χ3v) is 6.78. The molecule has 1 saturated carbocycles. The second kappa shape index (κ2) is 10.2. The molecule has 0 bridgehead atoms. The Morgan fingerprint density at radius 3 is 2.16 bits per heavy atom. The molecule has 3 rings (SSSR count). The summed E-state index contributed by atoms with van der Waals surface area (Å²) >= 11 is 24.0. The third-order valence-electron chi connectivity index (χ3n) is 5.64. The van der Waals surface area contributed by atoms with Crippen LogP contribution in [-0.2, 0) is 9.53 Å². The lowest BCUT2D eigenvalue weighted by atomic mass is 9.88. The number of nitrogens with zero attached hydrogens (tertiary/aromatic N) is 1. The van der Waals surface area contributed by atoms with Crippen molar-refractivity contribution in [3.63, 3.8) is 0 Å². The van der Waals surface area contributed by atoms with Gasteiger partial charge in [0.05, 0.1) is 5.92 Å². The molecule has 166 valence electrons. The van der Waals surface area contributed by atoms with Crippen LogP contribution < -0.4 is 4.74 Å². The monoisotopic (exact) mass is 509 g/mol. The van der Waals surface area contributed by atoms with Crippen LogP contribution in [0.25, 0.3) is 0 Å². The van der Waals surface area contributed by atoms with Crippen molar-refractivity contribution >= 4 is 52.4 Å². The van der Waals surface area contributed by atoms with E-state index in [0.29, 0.717) is 34.6 Å². The van der Waals surface area contributed by atoms with Crippen molar-refractivity contribution in [2.45, 2.75) is 26.4 Å². The zero-order valence-corrected chi connectivity index (χ0v) is 20.3. The lowest BCUT2D eigenvalue weighted by molar-refractivity contribution is -0.149. The molecule has 0 heterocycles. The Morgan fingerprint density at radius 1 is 1.00 bits per heavy atom. The fourth-order valence-electron chi connectivity index (χ4n) is 3.73. The maximum atomic E-state index is 13.0. The summed E-state index contributed by atoms with van der Waals surface area (Å²) in [5.74, 6) is 0.000383. The fraction of sp³-hybridized carbons (Fsp3) is 0.250. The van der Waals surface area contributed by atoms with Crippen molar-refractivity contribution in [1.29, 1.82) is 5.26 Å². The Kier molecular flexibility index (Phi) is 7.79. The van der Waals surface area contributed by atoms with E-state index in [2.05, 4.69) is 0 Å². The summed E-state index contributed by atoms with van der Waals surface area (Å²) in [6.45, 7) is 3.43. The van der Waals surface area contributed by atoms with Crippen molar-refractivity contribution in [3.05, 3.63) is 80.3 Å². The van der Waals surface area contributed by atoms with Gasteiger partial charge in [-0.2, -0.15) is 5.26 Å². The summed E-state index contributed by atoms with van der Waals surface area (Å²) in [5, 5.41) is 9.66. The number of hydrogen-bond donors (Lipinski definition) is 0. The van der Waals surface area contributed by atoms with Gasteiger partial charge in [-0.1, -0.05) is 76.7 Å². The van der Waals surface area contributed by atoms with Gasteiger partial charge in [0.2, 0.25) is 6.10 Å². The van der Waals surface area contributed by atoms with E-state index in [1.807, 2.05) is 36.4 Å². The molecule has 0 amide bonds. The average Bonchev–Trinajstić information content (AvgIpc) is 3.54. The summed E-state index contributed by atoms with van der Waals surface area (Å²) in [7, 11) is 0. The zero-order valence-electron chi connectivity index (χ0n) is 17.2. The minimum atomic E-state index is -1.12. The van der Waals surface area contributed by atoms with Crippen LogP contribution in [0, 0.1) is 22.7 Å². The number of rotatable bonds is 7. The number of carbonyl (C=O) groups excluding carboxylic acids is 1. The van der Waals surface area contributed by atoms with Crippen molar-refractivity contribution in [2.75, 3.05) is 0 Å². The lowest BCUT2D eigenvalue weighted by Crippen LogP contribution is -2.19. The number of carbonyl (C=O) groups is 1. The van der Waals surface area contributed by atoms with Gasteiger partial charge >= 0.3 is 5.97 Å². The zero-order chi connectivity index (χ0) is 23.5. The Morgan fingerprint density at radius 2 is 1.59 bits per heavy atom. The lowest BCUT2D eigenvalue weighted by Gasteiger charge is -2.20. The summed E-state index contributed by atoms with van der Waals surface area (Å²) in [5.41, 5.74) is 0.815. The van der Waals surface area contributed by atoms with Crippen molar-refractivity contribution < 1.29 is 14.3 Å². The van der Waals surface area contributed by atoms with E-state index in [1.54, 1.807) is 38.1 Å². The highest BCUT2D eigenvalue weighted by Gasteiger charge is 2.62. The molecule has 1 aliphatic carbocycles. The molecule has 4 nitrogen and oxygen atoms in total. The van der Waals surface area contributed by atoms with Crippen LogP contribution in [0.4, 0.5) is 0 Å². The second-order valence-electron chi connectivity index (χ2n) is 7.43. The molecule has 0 aromatic heterocycles. The molecule has 2 aromatic rings. The number of hydrogen-bond acceptors (Lipinski definition) is 4. The smallest absolute Gasteiger partial charge is 0.311 e. The molecule has 1 aliphatic rings. The predicted octanol–water partition coefficient (Wildman–Crippen LogP) is 8.01. The molecule has 0 saturated heterocycles. The van der Waals surface area contributed by atoms with Gasteiger partial charge in [0, 0.05) is 11.0 Å². The standard InChI is InChI=1S/C24H19Cl4NO3/c1-14(21(25)26)24(15(2)22(27)28)12-19(24)23(30)32-20(13-29)16-7-6-10-18(11-16)31-17-8-4-3-5-9-17/h3-11,19-20H,12H2,1-2H3. The van der Waals surface area contributed by atoms with E-state index in [4.69, 9.17) is 55.9 Å². The van der Waals surface area contributed by atoms with E-state index in [1.165, 1.54) is 0 Å². The number of esters is 1. The average molecular weight is 511 g/mol. The second-order valence-corrected chi connectivity index (χ2v) is 9.33. The van der Waals surface area contributed by atoms with Crippen molar-refractivity contribution in [1.82, 2.24) is 0 Å². The molecule has 32 heavy (non-hydrogen) atoms. The first kappa shape index (κ1) is 24.5. The number of ether oxygens (including phenoxy) is 2.